The predicted octanol–water partition coefficient (Wildman–Crippen LogP) is 4.55. The van der Waals surface area contributed by atoms with Crippen molar-refractivity contribution in [3.05, 3.63) is 70.8 Å². The Hall–Kier alpha value is -2.87. The fraction of sp³-hybridized carbons (Fsp3) is 0.304. The van der Waals surface area contributed by atoms with Gasteiger partial charge in [-0.3, -0.25) is 4.79 Å². The number of piperidine rings is 2. The number of amides is 1. The van der Waals surface area contributed by atoms with E-state index in [1.807, 2.05) is 17.0 Å². The Morgan fingerprint density at radius 3 is 2.68 bits per heavy atom. The van der Waals surface area contributed by atoms with Crippen molar-refractivity contribution in [3.8, 4) is 11.4 Å². The van der Waals surface area contributed by atoms with E-state index in [9.17, 15) is 9.18 Å². The van der Waals surface area contributed by atoms with Crippen molar-refractivity contribution in [2.45, 2.75) is 31.3 Å². The first-order valence-corrected chi connectivity index (χ1v) is 11.1. The van der Waals surface area contributed by atoms with Crippen molar-refractivity contribution in [2.75, 3.05) is 11.9 Å². The van der Waals surface area contributed by atoms with Gasteiger partial charge in [-0.05, 0) is 71.4 Å². The summed E-state index contributed by atoms with van der Waals surface area (Å²) in [7, 11) is 0. The van der Waals surface area contributed by atoms with E-state index in [2.05, 4.69) is 36.2 Å². The molecule has 3 aliphatic rings. The van der Waals surface area contributed by atoms with Gasteiger partial charge in [-0.15, -0.1) is 0 Å². The van der Waals surface area contributed by atoms with Gasteiger partial charge in [0.05, 0.1) is 17.2 Å². The summed E-state index contributed by atoms with van der Waals surface area (Å²) in [5.41, 5.74) is 0.466. The molecule has 3 atom stereocenters. The van der Waals surface area contributed by atoms with Gasteiger partial charge in [-0.25, -0.2) is 19.3 Å². The molecule has 1 N–H and O–H groups in total. The molecular weight excluding hydrogens is 461 g/mol. The largest absolute Gasteiger partial charge is 0.365 e. The molecule has 1 aliphatic carbocycles. The van der Waals surface area contributed by atoms with E-state index < -0.39 is 5.82 Å². The van der Waals surface area contributed by atoms with Crippen LogP contribution in [0.25, 0.3) is 11.4 Å². The maximum Gasteiger partial charge on any atom is 0.255 e. The van der Waals surface area contributed by atoms with E-state index in [1.54, 1.807) is 36.8 Å². The van der Waals surface area contributed by atoms with Gasteiger partial charge >= 0.3 is 0 Å². The number of nitrogens with one attached hydrogen (secondary N) is 1. The summed E-state index contributed by atoms with van der Waals surface area (Å²) in [5.74, 6) is 0.754. The van der Waals surface area contributed by atoms with Crippen molar-refractivity contribution >= 4 is 27.7 Å². The molecule has 0 radical (unpaired) electrons. The Morgan fingerprint density at radius 1 is 1.10 bits per heavy atom. The van der Waals surface area contributed by atoms with Crippen molar-refractivity contribution in [1.82, 2.24) is 19.9 Å². The first kappa shape index (κ1) is 20.1. The second-order valence-corrected chi connectivity index (χ2v) is 8.97. The average molecular weight is 482 g/mol. The number of hydrogen-bond acceptors (Lipinski definition) is 5. The van der Waals surface area contributed by atoms with Gasteiger partial charge in [0.15, 0.2) is 5.82 Å². The van der Waals surface area contributed by atoms with Gasteiger partial charge in [0, 0.05) is 35.6 Å². The molecule has 3 fully saturated rings. The van der Waals surface area contributed by atoms with E-state index in [0.29, 0.717) is 18.0 Å². The minimum absolute atomic E-state index is 0.0238. The number of halogens is 2. The normalized spacial score (nSPS) is 22.4. The van der Waals surface area contributed by atoms with Crippen LogP contribution in [0, 0.1) is 11.7 Å². The van der Waals surface area contributed by atoms with Crippen molar-refractivity contribution in [2.24, 2.45) is 5.92 Å². The molecule has 2 bridgehead atoms. The molecule has 2 aromatic heterocycles. The number of fused-ring (bicyclic) bond motifs is 3. The highest BCUT2D eigenvalue weighted by Gasteiger charge is 2.43. The quantitative estimate of drug-likeness (QED) is 0.591. The van der Waals surface area contributed by atoms with Crippen LogP contribution in [0.15, 0.2) is 59.5 Å². The van der Waals surface area contributed by atoms with Crippen molar-refractivity contribution < 1.29 is 9.18 Å². The molecule has 4 heterocycles. The second-order valence-electron chi connectivity index (χ2n) is 8.05. The number of benzene rings is 1. The highest BCUT2D eigenvalue weighted by atomic mass is 79.9. The minimum Gasteiger partial charge on any atom is -0.365 e. The predicted molar refractivity (Wildman–Crippen MR) is 119 cm³/mol. The summed E-state index contributed by atoms with van der Waals surface area (Å²) < 4.78 is 15.7. The van der Waals surface area contributed by atoms with E-state index in [0.717, 1.165) is 29.6 Å². The van der Waals surface area contributed by atoms with E-state index in [1.165, 1.54) is 6.07 Å². The third-order valence-electron chi connectivity index (χ3n) is 6.13. The molecule has 3 aromatic rings. The lowest BCUT2D eigenvalue weighted by Gasteiger charge is -2.50. The lowest BCUT2D eigenvalue weighted by molar-refractivity contribution is 0.0282. The number of rotatable bonds is 4. The van der Waals surface area contributed by atoms with E-state index >= 15 is 0 Å². The number of nitrogens with zero attached hydrogens (tertiary/aromatic N) is 4. The maximum absolute atomic E-state index is 14.8. The molecule has 1 amide bonds. The molecule has 1 aromatic carbocycles. The van der Waals surface area contributed by atoms with Gasteiger partial charge in [-0.2, -0.15) is 0 Å². The van der Waals surface area contributed by atoms with Crippen LogP contribution in [0.4, 0.5) is 10.2 Å². The van der Waals surface area contributed by atoms with Crippen LogP contribution < -0.4 is 5.32 Å². The number of pyridine rings is 1. The molecule has 158 valence electrons. The number of carbonyl (C=O) groups is 1. The fourth-order valence-corrected chi connectivity index (χ4v) is 4.98. The zero-order chi connectivity index (χ0) is 21.4. The first-order chi connectivity index (χ1) is 15.1. The minimum atomic E-state index is -0.493. The van der Waals surface area contributed by atoms with Crippen LogP contribution in [-0.4, -0.2) is 44.4 Å². The Morgan fingerprint density at radius 2 is 1.94 bits per heavy atom. The van der Waals surface area contributed by atoms with Gasteiger partial charge in [0.25, 0.3) is 5.91 Å². The third-order valence-corrected chi connectivity index (χ3v) is 6.60. The molecule has 8 heteroatoms. The standard InChI is InChI=1S/C23H21BrFN5O/c24-15-6-8-20(28-12-15)29-18-11-14-5-7-19(18)30(13-14)23(31)16-3-1-4-17(25)21(16)22-26-9-2-10-27-22/h1-4,6,8-10,12,14,18-19H,5,7,11,13H2,(H,28,29)/t14-,18-,19+/m1/s1. The van der Waals surface area contributed by atoms with Crippen LogP contribution in [0.1, 0.15) is 29.6 Å². The van der Waals surface area contributed by atoms with Crippen LogP contribution in [0.2, 0.25) is 0 Å². The van der Waals surface area contributed by atoms with Crippen molar-refractivity contribution in [3.63, 3.8) is 0 Å². The number of anilines is 1. The number of aromatic nitrogens is 3. The van der Waals surface area contributed by atoms with E-state index in [4.69, 9.17) is 0 Å². The second kappa shape index (κ2) is 8.34. The molecular formula is C23H21BrFN5O. The zero-order valence-electron chi connectivity index (χ0n) is 16.7. The Labute approximate surface area is 188 Å². The smallest absolute Gasteiger partial charge is 0.255 e. The van der Waals surface area contributed by atoms with Crippen LogP contribution in [0.5, 0.6) is 0 Å². The molecule has 0 unspecified atom stereocenters. The molecule has 2 aliphatic heterocycles. The molecule has 1 saturated carbocycles. The molecule has 6 rings (SSSR count). The third kappa shape index (κ3) is 3.92. The molecule has 2 saturated heterocycles. The Bertz CT molecular complexity index is 1090. The first-order valence-electron chi connectivity index (χ1n) is 10.3. The summed E-state index contributed by atoms with van der Waals surface area (Å²) >= 11 is 3.41. The zero-order valence-corrected chi connectivity index (χ0v) is 18.3. The highest BCUT2D eigenvalue weighted by Crippen LogP contribution is 2.38. The molecule has 31 heavy (non-hydrogen) atoms. The fourth-order valence-electron chi connectivity index (χ4n) is 4.75. The van der Waals surface area contributed by atoms with Gasteiger partial charge in [0.2, 0.25) is 0 Å². The monoisotopic (exact) mass is 481 g/mol. The van der Waals surface area contributed by atoms with Crippen LogP contribution in [0.3, 0.4) is 0 Å². The van der Waals surface area contributed by atoms with Gasteiger partial charge < -0.3 is 10.2 Å². The van der Waals surface area contributed by atoms with Gasteiger partial charge in [0.1, 0.15) is 11.6 Å². The average Bonchev–Trinajstić information content (AvgIpc) is 2.81. The summed E-state index contributed by atoms with van der Waals surface area (Å²) in [6.07, 6.45) is 7.86. The van der Waals surface area contributed by atoms with Crippen molar-refractivity contribution in [1.29, 1.82) is 0 Å². The molecule has 0 spiro atoms. The van der Waals surface area contributed by atoms with Crippen LogP contribution in [-0.2, 0) is 0 Å². The summed E-state index contributed by atoms with van der Waals surface area (Å²) in [6.45, 7) is 0.682. The summed E-state index contributed by atoms with van der Waals surface area (Å²) in [4.78, 5) is 28.3. The lowest BCUT2D eigenvalue weighted by Crippen LogP contribution is -2.59. The van der Waals surface area contributed by atoms with Gasteiger partial charge in [-0.1, -0.05) is 6.07 Å². The van der Waals surface area contributed by atoms with E-state index in [-0.39, 0.29) is 29.4 Å². The molecule has 6 nitrogen and oxygen atoms in total. The maximum atomic E-state index is 14.8. The summed E-state index contributed by atoms with van der Waals surface area (Å²) in [5, 5.41) is 3.51. The lowest BCUT2D eigenvalue weighted by atomic mass is 9.76. The Kier molecular flexibility index (Phi) is 5.40. The summed E-state index contributed by atoms with van der Waals surface area (Å²) in [6, 6.07) is 10.2. The SMILES string of the molecule is O=C(c1cccc(F)c1-c1ncccn1)N1C[C@@H]2CC[C@H]1[C@H](Nc1ccc(Br)cn1)C2. The highest BCUT2D eigenvalue weighted by molar-refractivity contribution is 9.10. The number of hydrogen-bond donors (Lipinski definition) is 1. The Balaban J connectivity index is 1.45. The number of carbonyl (C=O) groups excluding carboxylic acids is 1. The topological polar surface area (TPSA) is 71.0 Å². The van der Waals surface area contributed by atoms with Crippen LogP contribution >= 0.6 is 15.9 Å².